The molecular weight excluding hydrogens is 357 g/mol. The van der Waals surface area contributed by atoms with E-state index in [0.717, 1.165) is 61.3 Å². The van der Waals surface area contributed by atoms with Gasteiger partial charge in [0.25, 0.3) is 0 Å². The molecule has 3 aliphatic rings. The highest BCUT2D eigenvalue weighted by Gasteiger charge is 2.49. The highest BCUT2D eigenvalue weighted by Crippen LogP contribution is 2.50. The Hall–Kier alpha value is -2.11. The summed E-state index contributed by atoms with van der Waals surface area (Å²) >= 11 is 0. The molecule has 148 valence electrons. The van der Waals surface area contributed by atoms with Crippen molar-refractivity contribution in [1.29, 1.82) is 0 Å². The average molecular weight is 383 g/mol. The topological polar surface area (TPSA) is 41.9 Å². The second-order valence-corrected chi connectivity index (χ2v) is 8.36. The van der Waals surface area contributed by atoms with E-state index in [0.29, 0.717) is 6.54 Å². The molecule has 0 amide bonds. The van der Waals surface area contributed by atoms with Crippen molar-refractivity contribution in [3.8, 4) is 11.5 Å². The summed E-state index contributed by atoms with van der Waals surface area (Å²) in [7, 11) is 0. The van der Waals surface area contributed by atoms with Crippen molar-refractivity contribution in [3.05, 3.63) is 59.4 Å². The van der Waals surface area contributed by atoms with Crippen LogP contribution < -0.4 is 9.47 Å². The SMILES string of the molecule is O[C@]12CCCC[C@@H]1[C@@H](c1ccc3c(c1)OCO3)N(Cc1cccc(F)c1)CC2. The lowest BCUT2D eigenvalue weighted by molar-refractivity contribution is -0.126. The Bertz CT molecular complexity index is 873. The third-order valence-electron chi connectivity index (χ3n) is 6.68. The maximum Gasteiger partial charge on any atom is 0.231 e. The van der Waals surface area contributed by atoms with E-state index < -0.39 is 5.60 Å². The number of fused-ring (bicyclic) bond motifs is 2. The summed E-state index contributed by atoms with van der Waals surface area (Å²) < 4.78 is 24.8. The monoisotopic (exact) mass is 383 g/mol. The van der Waals surface area contributed by atoms with Crippen molar-refractivity contribution in [2.24, 2.45) is 5.92 Å². The molecule has 2 aromatic carbocycles. The molecule has 4 nitrogen and oxygen atoms in total. The molecule has 0 radical (unpaired) electrons. The van der Waals surface area contributed by atoms with Gasteiger partial charge in [0, 0.05) is 25.0 Å². The van der Waals surface area contributed by atoms with E-state index >= 15 is 0 Å². The van der Waals surface area contributed by atoms with Gasteiger partial charge in [0.1, 0.15) is 5.82 Å². The average Bonchev–Trinajstić information content (AvgIpc) is 3.16. The molecule has 0 bridgehead atoms. The van der Waals surface area contributed by atoms with Crippen LogP contribution in [0.1, 0.15) is 49.3 Å². The molecule has 1 saturated carbocycles. The van der Waals surface area contributed by atoms with Gasteiger partial charge < -0.3 is 14.6 Å². The Kier molecular flexibility index (Phi) is 4.52. The molecule has 0 spiro atoms. The van der Waals surface area contributed by atoms with Crippen LogP contribution in [-0.4, -0.2) is 28.9 Å². The molecule has 1 N–H and O–H groups in total. The molecule has 1 aliphatic carbocycles. The first-order valence-corrected chi connectivity index (χ1v) is 10.2. The normalized spacial score (nSPS) is 29.5. The van der Waals surface area contributed by atoms with Gasteiger partial charge in [0.15, 0.2) is 11.5 Å². The number of benzene rings is 2. The van der Waals surface area contributed by atoms with Gasteiger partial charge in [-0.1, -0.05) is 31.0 Å². The zero-order valence-electron chi connectivity index (χ0n) is 15.9. The molecule has 5 rings (SSSR count). The van der Waals surface area contributed by atoms with Gasteiger partial charge in [0.05, 0.1) is 5.60 Å². The van der Waals surface area contributed by atoms with E-state index in [-0.39, 0.29) is 24.6 Å². The Labute approximate surface area is 164 Å². The first kappa shape index (κ1) is 18.0. The predicted octanol–water partition coefficient (Wildman–Crippen LogP) is 4.42. The molecule has 0 aromatic heterocycles. The zero-order valence-corrected chi connectivity index (χ0v) is 15.9. The van der Waals surface area contributed by atoms with Crippen LogP contribution in [0.3, 0.4) is 0 Å². The maximum atomic E-state index is 13.7. The largest absolute Gasteiger partial charge is 0.454 e. The van der Waals surface area contributed by atoms with Crippen molar-refractivity contribution in [3.63, 3.8) is 0 Å². The fourth-order valence-corrected chi connectivity index (χ4v) is 5.33. The number of hydrogen-bond acceptors (Lipinski definition) is 4. The quantitative estimate of drug-likeness (QED) is 0.852. The fourth-order valence-electron chi connectivity index (χ4n) is 5.33. The summed E-state index contributed by atoms with van der Waals surface area (Å²) in [5.74, 6) is 1.51. The molecule has 2 fully saturated rings. The van der Waals surface area contributed by atoms with E-state index in [4.69, 9.17) is 9.47 Å². The molecule has 2 heterocycles. The lowest BCUT2D eigenvalue weighted by atomic mass is 9.66. The van der Waals surface area contributed by atoms with Crippen LogP contribution in [0.2, 0.25) is 0 Å². The molecule has 1 saturated heterocycles. The lowest BCUT2D eigenvalue weighted by Crippen LogP contribution is -2.54. The van der Waals surface area contributed by atoms with Crippen molar-refractivity contribution in [2.45, 2.75) is 50.3 Å². The first-order valence-electron chi connectivity index (χ1n) is 10.2. The van der Waals surface area contributed by atoms with Gasteiger partial charge in [-0.3, -0.25) is 4.90 Å². The molecule has 5 heteroatoms. The number of aliphatic hydroxyl groups is 1. The Balaban J connectivity index is 1.51. The predicted molar refractivity (Wildman–Crippen MR) is 104 cm³/mol. The highest BCUT2D eigenvalue weighted by atomic mass is 19.1. The van der Waals surface area contributed by atoms with Gasteiger partial charge in [-0.05, 0) is 54.7 Å². The fraction of sp³-hybridized carbons (Fsp3) is 0.478. The van der Waals surface area contributed by atoms with Crippen LogP contribution in [0.25, 0.3) is 0 Å². The molecular formula is C23H26FNO3. The molecule has 2 aromatic rings. The minimum Gasteiger partial charge on any atom is -0.454 e. The standard InChI is InChI=1S/C23H26FNO3/c24-18-5-3-4-16(12-18)14-25-11-10-23(26)9-2-1-6-19(23)22(25)17-7-8-20-21(13-17)28-15-27-20/h3-5,7-8,12-13,19,22,26H,1-2,6,9-11,14-15H2/t19-,22-,23+/m1/s1. The van der Waals surface area contributed by atoms with Gasteiger partial charge in [-0.25, -0.2) is 4.39 Å². The number of halogens is 1. The number of likely N-dealkylation sites (tertiary alicyclic amines) is 1. The van der Waals surface area contributed by atoms with Crippen molar-refractivity contribution < 1.29 is 19.0 Å². The smallest absolute Gasteiger partial charge is 0.231 e. The van der Waals surface area contributed by atoms with Gasteiger partial charge in [-0.2, -0.15) is 0 Å². The number of nitrogens with zero attached hydrogens (tertiary/aromatic N) is 1. The van der Waals surface area contributed by atoms with E-state index in [1.807, 2.05) is 12.1 Å². The zero-order chi connectivity index (χ0) is 19.1. The van der Waals surface area contributed by atoms with E-state index in [1.165, 1.54) is 6.07 Å². The van der Waals surface area contributed by atoms with E-state index in [9.17, 15) is 9.50 Å². The Morgan fingerprint density at radius 3 is 2.86 bits per heavy atom. The van der Waals surface area contributed by atoms with Crippen LogP contribution in [0.5, 0.6) is 11.5 Å². The van der Waals surface area contributed by atoms with Gasteiger partial charge in [-0.15, -0.1) is 0 Å². The first-order chi connectivity index (χ1) is 13.6. The molecule has 0 unspecified atom stereocenters. The number of ether oxygens (including phenoxy) is 2. The third kappa shape index (κ3) is 3.16. The van der Waals surface area contributed by atoms with Crippen LogP contribution in [-0.2, 0) is 6.54 Å². The van der Waals surface area contributed by atoms with E-state index in [2.05, 4.69) is 17.0 Å². The minimum atomic E-state index is -0.613. The number of rotatable bonds is 3. The number of piperidine rings is 1. The summed E-state index contributed by atoms with van der Waals surface area (Å²) in [4.78, 5) is 2.40. The third-order valence-corrected chi connectivity index (χ3v) is 6.68. The second kappa shape index (κ2) is 7.05. The van der Waals surface area contributed by atoms with Crippen LogP contribution >= 0.6 is 0 Å². The Morgan fingerprint density at radius 1 is 1.07 bits per heavy atom. The molecule has 3 atom stereocenters. The number of hydrogen-bond donors (Lipinski definition) is 1. The van der Waals surface area contributed by atoms with Crippen LogP contribution in [0.15, 0.2) is 42.5 Å². The summed E-state index contributed by atoms with van der Waals surface area (Å²) in [5.41, 5.74) is 1.50. The summed E-state index contributed by atoms with van der Waals surface area (Å²) in [5, 5.41) is 11.4. The molecule has 28 heavy (non-hydrogen) atoms. The van der Waals surface area contributed by atoms with E-state index in [1.54, 1.807) is 12.1 Å². The Morgan fingerprint density at radius 2 is 1.96 bits per heavy atom. The van der Waals surface area contributed by atoms with Crippen molar-refractivity contribution in [2.75, 3.05) is 13.3 Å². The summed E-state index contributed by atoms with van der Waals surface area (Å²) in [6.07, 6.45) is 4.88. The second-order valence-electron chi connectivity index (χ2n) is 8.36. The summed E-state index contributed by atoms with van der Waals surface area (Å²) in [6.45, 7) is 1.72. The van der Waals surface area contributed by atoms with Gasteiger partial charge in [0.2, 0.25) is 6.79 Å². The van der Waals surface area contributed by atoms with Crippen molar-refractivity contribution >= 4 is 0 Å². The van der Waals surface area contributed by atoms with Crippen LogP contribution in [0, 0.1) is 11.7 Å². The van der Waals surface area contributed by atoms with Gasteiger partial charge >= 0.3 is 0 Å². The minimum absolute atomic E-state index is 0.0804. The van der Waals surface area contributed by atoms with Crippen LogP contribution in [0.4, 0.5) is 4.39 Å². The molecule has 2 aliphatic heterocycles. The summed E-state index contributed by atoms with van der Waals surface area (Å²) in [6, 6.07) is 13.0. The van der Waals surface area contributed by atoms with Crippen molar-refractivity contribution in [1.82, 2.24) is 4.90 Å². The lowest BCUT2D eigenvalue weighted by Gasteiger charge is -2.52. The highest BCUT2D eigenvalue weighted by molar-refractivity contribution is 5.45. The maximum absolute atomic E-state index is 13.7.